The molecule has 1 aliphatic carbocycles. The Kier molecular flexibility index (Phi) is 2.75. The second-order valence-corrected chi connectivity index (χ2v) is 5.24. The average molecular weight is 223 g/mol. The summed E-state index contributed by atoms with van der Waals surface area (Å²) in [4.78, 5) is 6.71. The number of hydrogen-bond acceptors (Lipinski definition) is 4. The molecular formula is C12H21N3O. The zero-order valence-corrected chi connectivity index (χ0v) is 9.77. The van der Waals surface area contributed by atoms with Gasteiger partial charge >= 0.3 is 0 Å². The van der Waals surface area contributed by atoms with E-state index in [1.807, 2.05) is 0 Å². The van der Waals surface area contributed by atoms with E-state index in [0.29, 0.717) is 12.1 Å². The minimum atomic E-state index is 0.384. The highest BCUT2D eigenvalue weighted by Gasteiger charge is 2.37. The summed E-state index contributed by atoms with van der Waals surface area (Å²) in [6.45, 7) is 2.78. The number of rotatable bonds is 3. The molecule has 1 saturated heterocycles. The quantitative estimate of drug-likeness (QED) is 0.775. The molecule has 2 atom stereocenters. The van der Waals surface area contributed by atoms with Gasteiger partial charge in [0.25, 0.3) is 0 Å². The van der Waals surface area contributed by atoms with Crippen molar-refractivity contribution in [2.24, 2.45) is 16.6 Å². The summed E-state index contributed by atoms with van der Waals surface area (Å²) >= 11 is 0. The van der Waals surface area contributed by atoms with Gasteiger partial charge in [-0.3, -0.25) is 4.99 Å². The number of nitrogens with zero attached hydrogens (tertiary/aromatic N) is 2. The number of guanidine groups is 1. The number of nitrogens with two attached hydrogens (primary N) is 1. The molecule has 0 spiro atoms. The van der Waals surface area contributed by atoms with Gasteiger partial charge in [0.2, 0.25) is 0 Å². The molecule has 4 nitrogen and oxygen atoms in total. The van der Waals surface area contributed by atoms with Crippen LogP contribution in [0.5, 0.6) is 0 Å². The molecule has 0 aromatic heterocycles. The molecule has 0 aromatic carbocycles. The molecule has 0 aromatic rings. The van der Waals surface area contributed by atoms with Crippen molar-refractivity contribution < 1.29 is 4.74 Å². The van der Waals surface area contributed by atoms with Crippen LogP contribution in [0.1, 0.15) is 32.1 Å². The van der Waals surface area contributed by atoms with Gasteiger partial charge in [0.05, 0.1) is 18.7 Å². The Labute approximate surface area is 96.8 Å². The summed E-state index contributed by atoms with van der Waals surface area (Å²) in [6.07, 6.45) is 6.86. The van der Waals surface area contributed by atoms with Crippen LogP contribution in [0.4, 0.5) is 0 Å². The van der Waals surface area contributed by atoms with E-state index in [1.54, 1.807) is 0 Å². The summed E-state index contributed by atoms with van der Waals surface area (Å²) in [5.74, 6) is 1.57. The molecule has 3 rings (SSSR count). The first kappa shape index (κ1) is 10.4. The molecule has 0 amide bonds. The molecule has 2 heterocycles. The lowest BCUT2D eigenvalue weighted by molar-refractivity contribution is 0.0697. The van der Waals surface area contributed by atoms with Gasteiger partial charge in [-0.05, 0) is 31.6 Å². The van der Waals surface area contributed by atoms with Crippen LogP contribution >= 0.6 is 0 Å². The van der Waals surface area contributed by atoms with Gasteiger partial charge in [-0.25, -0.2) is 0 Å². The van der Waals surface area contributed by atoms with E-state index < -0.39 is 0 Å². The number of hydrogen-bond donors (Lipinski definition) is 1. The van der Waals surface area contributed by atoms with Crippen LogP contribution in [0.25, 0.3) is 0 Å². The lowest BCUT2D eigenvalue weighted by Crippen LogP contribution is -2.49. The van der Waals surface area contributed by atoms with Gasteiger partial charge in [0, 0.05) is 13.2 Å². The highest BCUT2D eigenvalue weighted by Crippen LogP contribution is 2.34. The Hall–Kier alpha value is -0.770. The van der Waals surface area contributed by atoms with E-state index in [4.69, 9.17) is 10.5 Å². The van der Waals surface area contributed by atoms with Crippen LogP contribution in [0.2, 0.25) is 0 Å². The minimum absolute atomic E-state index is 0.384. The van der Waals surface area contributed by atoms with Gasteiger partial charge in [-0.1, -0.05) is 6.42 Å². The predicted molar refractivity (Wildman–Crippen MR) is 63.3 cm³/mol. The molecule has 16 heavy (non-hydrogen) atoms. The van der Waals surface area contributed by atoms with E-state index in [9.17, 15) is 0 Å². The zero-order valence-electron chi connectivity index (χ0n) is 9.77. The van der Waals surface area contributed by atoms with Gasteiger partial charge in [0.15, 0.2) is 5.96 Å². The fraction of sp³-hybridized carbons (Fsp3) is 0.917. The summed E-state index contributed by atoms with van der Waals surface area (Å²) in [5, 5.41) is 0. The maximum absolute atomic E-state index is 5.98. The fourth-order valence-electron chi connectivity index (χ4n) is 3.01. The highest BCUT2D eigenvalue weighted by atomic mass is 16.5. The topological polar surface area (TPSA) is 50.8 Å². The number of ether oxygens (including phenoxy) is 1. The third kappa shape index (κ3) is 1.79. The number of aliphatic imine (C=N–C) groups is 1. The smallest absolute Gasteiger partial charge is 0.191 e. The lowest BCUT2D eigenvalue weighted by Gasteiger charge is -2.38. The van der Waals surface area contributed by atoms with Gasteiger partial charge in [-0.15, -0.1) is 0 Å². The van der Waals surface area contributed by atoms with Crippen molar-refractivity contribution in [2.75, 3.05) is 19.7 Å². The first-order valence-corrected chi connectivity index (χ1v) is 6.53. The van der Waals surface area contributed by atoms with Gasteiger partial charge in [-0.2, -0.15) is 0 Å². The molecule has 2 unspecified atom stereocenters. The molecule has 2 fully saturated rings. The van der Waals surface area contributed by atoms with E-state index in [0.717, 1.165) is 31.6 Å². The molecular weight excluding hydrogens is 202 g/mol. The second-order valence-electron chi connectivity index (χ2n) is 5.24. The van der Waals surface area contributed by atoms with Gasteiger partial charge in [0.1, 0.15) is 0 Å². The minimum Gasteiger partial charge on any atom is -0.376 e. The Morgan fingerprint density at radius 1 is 1.31 bits per heavy atom. The molecule has 0 bridgehead atoms. The Bertz CT molecular complexity index is 282. The van der Waals surface area contributed by atoms with Crippen LogP contribution < -0.4 is 5.73 Å². The first-order chi connectivity index (χ1) is 7.84. The van der Waals surface area contributed by atoms with Crippen molar-refractivity contribution >= 4 is 5.96 Å². The van der Waals surface area contributed by atoms with Crippen molar-refractivity contribution in [3.63, 3.8) is 0 Å². The summed E-state index contributed by atoms with van der Waals surface area (Å²) in [6, 6.07) is 0.568. The van der Waals surface area contributed by atoms with E-state index in [1.165, 1.54) is 32.1 Å². The fourth-order valence-corrected chi connectivity index (χ4v) is 3.01. The summed E-state index contributed by atoms with van der Waals surface area (Å²) < 4.78 is 5.69. The molecule has 4 heteroatoms. The predicted octanol–water partition coefficient (Wildman–Crippen LogP) is 0.964. The van der Waals surface area contributed by atoms with E-state index in [-0.39, 0.29) is 0 Å². The van der Waals surface area contributed by atoms with Crippen molar-refractivity contribution in [3.8, 4) is 0 Å². The monoisotopic (exact) mass is 223 g/mol. The third-order valence-corrected chi connectivity index (χ3v) is 4.25. The van der Waals surface area contributed by atoms with Crippen LogP contribution in [0, 0.1) is 5.92 Å². The molecule has 3 aliphatic rings. The second kappa shape index (κ2) is 4.24. The zero-order chi connectivity index (χ0) is 11.0. The maximum atomic E-state index is 5.98. The molecule has 2 N–H and O–H groups in total. The largest absolute Gasteiger partial charge is 0.376 e. The average Bonchev–Trinajstić information content (AvgIpc) is 2.80. The van der Waals surface area contributed by atoms with Crippen molar-refractivity contribution in [1.82, 2.24) is 4.90 Å². The van der Waals surface area contributed by atoms with E-state index in [2.05, 4.69) is 9.89 Å². The van der Waals surface area contributed by atoms with Crippen LogP contribution in [0.15, 0.2) is 4.99 Å². The molecule has 0 radical (unpaired) electrons. The van der Waals surface area contributed by atoms with Gasteiger partial charge < -0.3 is 15.4 Å². The SMILES string of the molecule is NC1=NCC(C2CCC2)N1CC1CCCO1. The third-order valence-electron chi connectivity index (χ3n) is 4.25. The van der Waals surface area contributed by atoms with Crippen molar-refractivity contribution in [3.05, 3.63) is 0 Å². The summed E-state index contributed by atoms with van der Waals surface area (Å²) in [5.41, 5.74) is 5.98. The van der Waals surface area contributed by atoms with E-state index >= 15 is 0 Å². The van der Waals surface area contributed by atoms with Crippen molar-refractivity contribution in [2.45, 2.75) is 44.2 Å². The van der Waals surface area contributed by atoms with Crippen molar-refractivity contribution in [1.29, 1.82) is 0 Å². The lowest BCUT2D eigenvalue weighted by atomic mass is 9.79. The first-order valence-electron chi connectivity index (χ1n) is 6.53. The molecule has 90 valence electrons. The van der Waals surface area contributed by atoms with Crippen LogP contribution in [0.3, 0.4) is 0 Å². The van der Waals surface area contributed by atoms with Crippen LogP contribution in [-0.2, 0) is 4.74 Å². The van der Waals surface area contributed by atoms with Crippen LogP contribution in [-0.4, -0.2) is 42.7 Å². The Morgan fingerprint density at radius 3 is 2.81 bits per heavy atom. The Balaban J connectivity index is 1.62. The molecule has 1 saturated carbocycles. The standard InChI is InChI=1S/C12H21N3O/c13-12-14-7-11(9-3-1-4-9)15(12)8-10-5-2-6-16-10/h9-11H,1-8H2,(H2,13,14). The maximum Gasteiger partial charge on any atom is 0.191 e. The highest BCUT2D eigenvalue weighted by molar-refractivity contribution is 5.80. The summed E-state index contributed by atoms with van der Waals surface area (Å²) in [7, 11) is 0. The Morgan fingerprint density at radius 2 is 2.19 bits per heavy atom. The normalized spacial score (nSPS) is 35.2. The molecule has 2 aliphatic heterocycles.